The molecule has 1 aliphatic rings. The lowest BCUT2D eigenvalue weighted by Gasteiger charge is -2.17. The fraction of sp³-hybridized carbons (Fsp3) is 0.625. The van der Waals surface area contributed by atoms with E-state index in [1.54, 1.807) is 0 Å². The van der Waals surface area contributed by atoms with Crippen LogP contribution in [-0.4, -0.2) is 17.8 Å². The normalized spacial score (nSPS) is 31.5. The largest absolute Gasteiger partial charge is 0.494 e. The van der Waals surface area contributed by atoms with Gasteiger partial charge in [0.25, 0.3) is 0 Å². The van der Waals surface area contributed by atoms with Gasteiger partial charge in [0.1, 0.15) is 11.9 Å². The minimum absolute atomic E-state index is 0.261. The molecule has 0 aromatic heterocycles. The van der Waals surface area contributed by atoms with E-state index in [0.717, 1.165) is 0 Å². The topological polar surface area (TPSA) is 53.2 Å². The summed E-state index contributed by atoms with van der Waals surface area (Å²) in [4.78, 5) is 0. The Morgan fingerprint density at radius 1 is 1.82 bits per heavy atom. The second-order valence-electron chi connectivity index (χ2n) is 3.36. The fourth-order valence-corrected chi connectivity index (χ4v) is 0.997. The Hall–Kier alpha value is -1.01. The molecule has 1 rings (SSSR count). The Balaban J connectivity index is 2.81. The molecule has 1 atom stereocenters. The number of allylic oxidation sites excluding steroid dienone is 1. The van der Waals surface area contributed by atoms with Gasteiger partial charge in [-0.3, -0.25) is 0 Å². The predicted molar refractivity (Wildman–Crippen MR) is 39.4 cm³/mol. The highest BCUT2D eigenvalue weighted by Crippen LogP contribution is 2.33. The van der Waals surface area contributed by atoms with Crippen molar-refractivity contribution in [2.24, 2.45) is 5.41 Å². The van der Waals surface area contributed by atoms with E-state index in [0.29, 0.717) is 12.4 Å². The van der Waals surface area contributed by atoms with E-state index in [-0.39, 0.29) is 5.41 Å². The maximum Gasteiger partial charge on any atom is 0.136 e. The molecule has 0 amide bonds. The first kappa shape index (κ1) is 8.09. The van der Waals surface area contributed by atoms with E-state index >= 15 is 0 Å². The first-order valence-electron chi connectivity index (χ1n) is 3.48. The van der Waals surface area contributed by atoms with Crippen molar-refractivity contribution in [1.29, 1.82) is 5.26 Å². The minimum atomic E-state index is -0.637. The third kappa shape index (κ3) is 1.36. The summed E-state index contributed by atoms with van der Waals surface area (Å²) in [6.45, 7) is 4.27. The number of nitrogens with zero attached hydrogens (tertiary/aromatic N) is 1. The van der Waals surface area contributed by atoms with E-state index in [2.05, 4.69) is 0 Å². The summed E-state index contributed by atoms with van der Waals surface area (Å²) in [5.74, 6) is 0.387. The Morgan fingerprint density at radius 2 is 2.45 bits per heavy atom. The average molecular weight is 153 g/mol. The predicted octanol–water partition coefficient (Wildman–Crippen LogP) is 0.811. The summed E-state index contributed by atoms with van der Waals surface area (Å²) in [6, 6.07) is 1.83. The molecular weight excluding hydrogens is 142 g/mol. The van der Waals surface area contributed by atoms with Gasteiger partial charge in [-0.05, 0) is 0 Å². The van der Waals surface area contributed by atoms with Crippen LogP contribution in [-0.2, 0) is 4.74 Å². The van der Waals surface area contributed by atoms with Crippen molar-refractivity contribution < 1.29 is 9.84 Å². The lowest BCUT2D eigenvalue weighted by Crippen LogP contribution is -2.25. The van der Waals surface area contributed by atoms with Crippen LogP contribution in [0.1, 0.15) is 13.8 Å². The molecule has 1 N–H and O–H groups in total. The first-order valence-corrected chi connectivity index (χ1v) is 3.48. The van der Waals surface area contributed by atoms with Crippen molar-refractivity contribution in [3.8, 4) is 6.07 Å². The summed E-state index contributed by atoms with van der Waals surface area (Å²) < 4.78 is 5.11. The van der Waals surface area contributed by atoms with Gasteiger partial charge in [0.2, 0.25) is 0 Å². The van der Waals surface area contributed by atoms with E-state index in [9.17, 15) is 5.11 Å². The van der Waals surface area contributed by atoms with Crippen LogP contribution in [0.2, 0.25) is 0 Å². The van der Waals surface area contributed by atoms with Gasteiger partial charge in [0.15, 0.2) is 0 Å². The molecule has 0 saturated carbocycles. The van der Waals surface area contributed by atoms with E-state index < -0.39 is 6.10 Å². The number of nitriles is 1. The van der Waals surface area contributed by atoms with Crippen LogP contribution in [0.15, 0.2) is 11.8 Å². The van der Waals surface area contributed by atoms with Crippen molar-refractivity contribution >= 4 is 0 Å². The van der Waals surface area contributed by atoms with Crippen LogP contribution in [0.25, 0.3) is 0 Å². The third-order valence-corrected chi connectivity index (χ3v) is 1.83. The highest BCUT2D eigenvalue weighted by Gasteiger charge is 2.38. The molecular formula is C8H11NO2. The lowest BCUT2D eigenvalue weighted by atomic mass is 9.89. The fourth-order valence-electron chi connectivity index (χ4n) is 0.997. The van der Waals surface area contributed by atoms with E-state index in [1.165, 1.54) is 6.08 Å². The monoisotopic (exact) mass is 153 g/mol. The van der Waals surface area contributed by atoms with E-state index in [4.69, 9.17) is 10.00 Å². The van der Waals surface area contributed by atoms with Crippen LogP contribution in [0.5, 0.6) is 0 Å². The second-order valence-corrected chi connectivity index (χ2v) is 3.36. The van der Waals surface area contributed by atoms with Crippen molar-refractivity contribution in [3.05, 3.63) is 11.8 Å². The number of aliphatic hydroxyl groups is 1. The third-order valence-electron chi connectivity index (χ3n) is 1.83. The van der Waals surface area contributed by atoms with Crippen molar-refractivity contribution in [1.82, 2.24) is 0 Å². The maximum atomic E-state index is 9.50. The Labute approximate surface area is 65.9 Å². The van der Waals surface area contributed by atoms with Gasteiger partial charge >= 0.3 is 0 Å². The molecule has 1 fully saturated rings. The molecule has 1 aliphatic heterocycles. The summed E-state index contributed by atoms with van der Waals surface area (Å²) >= 11 is 0. The molecule has 60 valence electrons. The van der Waals surface area contributed by atoms with Crippen LogP contribution in [0, 0.1) is 16.7 Å². The van der Waals surface area contributed by atoms with Gasteiger partial charge in [-0.15, -0.1) is 0 Å². The second kappa shape index (κ2) is 2.55. The highest BCUT2D eigenvalue weighted by molar-refractivity contribution is 5.17. The quantitative estimate of drug-likeness (QED) is 0.524. The van der Waals surface area contributed by atoms with Gasteiger partial charge < -0.3 is 9.84 Å². The number of aliphatic hydroxyl groups excluding tert-OH is 1. The summed E-state index contributed by atoms with van der Waals surface area (Å²) in [6.07, 6.45) is 0.613. The molecule has 0 aromatic carbocycles. The molecule has 1 unspecified atom stereocenters. The zero-order valence-corrected chi connectivity index (χ0v) is 6.66. The van der Waals surface area contributed by atoms with E-state index in [1.807, 2.05) is 19.9 Å². The standard InChI is InChI=1S/C8H11NO2/c1-8(2)5-11-6(3-4-9)7(8)10/h3,7,10H,5H2,1-2H3/b6-3-. The first-order chi connectivity index (χ1) is 5.08. The van der Waals surface area contributed by atoms with Crippen molar-refractivity contribution in [2.75, 3.05) is 6.61 Å². The molecule has 0 aromatic rings. The van der Waals surface area contributed by atoms with Gasteiger partial charge in [0.05, 0.1) is 18.8 Å². The molecule has 0 spiro atoms. The number of hydrogen-bond acceptors (Lipinski definition) is 3. The maximum absolute atomic E-state index is 9.50. The molecule has 1 saturated heterocycles. The van der Waals surface area contributed by atoms with Crippen LogP contribution < -0.4 is 0 Å². The molecule has 0 radical (unpaired) electrons. The van der Waals surface area contributed by atoms with Gasteiger partial charge in [-0.1, -0.05) is 13.8 Å². The van der Waals surface area contributed by atoms with Gasteiger partial charge in [-0.2, -0.15) is 5.26 Å². The summed E-state index contributed by atoms with van der Waals surface area (Å²) in [5.41, 5.74) is -0.261. The molecule has 11 heavy (non-hydrogen) atoms. The summed E-state index contributed by atoms with van der Waals surface area (Å²) in [5, 5.41) is 17.8. The molecule has 1 heterocycles. The van der Waals surface area contributed by atoms with Gasteiger partial charge in [-0.25, -0.2) is 0 Å². The number of hydrogen-bond donors (Lipinski definition) is 1. The van der Waals surface area contributed by atoms with Crippen LogP contribution in [0.4, 0.5) is 0 Å². The highest BCUT2D eigenvalue weighted by atomic mass is 16.5. The van der Waals surface area contributed by atoms with Crippen LogP contribution >= 0.6 is 0 Å². The minimum Gasteiger partial charge on any atom is -0.494 e. The van der Waals surface area contributed by atoms with Crippen molar-refractivity contribution in [2.45, 2.75) is 20.0 Å². The zero-order valence-electron chi connectivity index (χ0n) is 6.66. The Bertz CT molecular complexity index is 225. The molecule has 0 aliphatic carbocycles. The number of ether oxygens (including phenoxy) is 1. The number of rotatable bonds is 0. The van der Waals surface area contributed by atoms with Crippen LogP contribution in [0.3, 0.4) is 0 Å². The van der Waals surface area contributed by atoms with Crippen molar-refractivity contribution in [3.63, 3.8) is 0 Å². The molecule has 3 heteroatoms. The SMILES string of the molecule is CC1(C)CO/C(=C\C#N)C1O. The lowest BCUT2D eigenvalue weighted by molar-refractivity contribution is 0.111. The van der Waals surface area contributed by atoms with Gasteiger partial charge in [0, 0.05) is 5.41 Å². The average Bonchev–Trinajstić information content (AvgIpc) is 2.17. The molecule has 3 nitrogen and oxygen atoms in total. The molecule has 0 bridgehead atoms. The zero-order chi connectivity index (χ0) is 8.48. The Morgan fingerprint density at radius 3 is 2.82 bits per heavy atom. The smallest absolute Gasteiger partial charge is 0.136 e. The summed E-state index contributed by atoms with van der Waals surface area (Å²) in [7, 11) is 0. The Kier molecular flexibility index (Phi) is 1.88.